The second-order valence-corrected chi connectivity index (χ2v) is 9.50. The number of pyridine rings is 1. The van der Waals surface area contributed by atoms with Crippen LogP contribution in [-0.4, -0.2) is 45.7 Å². The Kier molecular flexibility index (Phi) is 4.75. The van der Waals surface area contributed by atoms with E-state index in [-0.39, 0.29) is 23.0 Å². The van der Waals surface area contributed by atoms with Gasteiger partial charge in [-0.25, -0.2) is 8.42 Å². The summed E-state index contributed by atoms with van der Waals surface area (Å²) in [6, 6.07) is 13.1. The first kappa shape index (κ1) is 20.3. The van der Waals surface area contributed by atoms with Gasteiger partial charge in [-0.05, 0) is 37.1 Å². The number of nitro benzene ring substituents is 1. The molecule has 2 aromatic heterocycles. The Labute approximate surface area is 183 Å². The van der Waals surface area contributed by atoms with Crippen molar-refractivity contribution >= 4 is 43.4 Å². The summed E-state index contributed by atoms with van der Waals surface area (Å²) in [6.45, 7) is 0.200. The zero-order valence-electron chi connectivity index (χ0n) is 16.8. The number of para-hydroxylation sites is 1. The van der Waals surface area contributed by atoms with Crippen molar-refractivity contribution in [3.63, 3.8) is 0 Å². The first-order chi connectivity index (χ1) is 15.4. The average Bonchev–Trinajstić information content (AvgIpc) is 3.43. The Bertz CT molecular complexity index is 1420. The number of carbonyl (C=O) groups excluding carboxylic acids is 1. The van der Waals surface area contributed by atoms with E-state index in [2.05, 4.69) is 4.98 Å². The fourth-order valence-electron chi connectivity index (χ4n) is 4.35. The standard InChI is InChI=1S/C22H18N4O5S/c27-22(25-19-5-2-1-4-17(19)18-11-12-23-14-21(18)25)20-6-3-13-24(20)32(30,31)16-9-7-15(8-10-16)26(28)29/h1-2,4-5,7-12,14,20H,3,6,13H2/t20-/m0/s1. The summed E-state index contributed by atoms with van der Waals surface area (Å²) in [6.07, 6.45) is 4.19. The van der Waals surface area contributed by atoms with Crippen LogP contribution in [0.5, 0.6) is 0 Å². The SMILES string of the molecule is O=C([C@@H]1CCCN1S(=O)(=O)c1ccc([N+](=O)[O-])cc1)n1c2ccccc2c2ccncc21. The van der Waals surface area contributed by atoms with E-state index in [4.69, 9.17) is 0 Å². The number of rotatable bonds is 4. The molecule has 1 saturated heterocycles. The van der Waals surface area contributed by atoms with Gasteiger partial charge in [0.15, 0.2) is 0 Å². The summed E-state index contributed by atoms with van der Waals surface area (Å²) in [4.78, 5) is 28.1. The van der Waals surface area contributed by atoms with E-state index in [1.54, 1.807) is 17.0 Å². The van der Waals surface area contributed by atoms with Gasteiger partial charge in [-0.3, -0.25) is 24.5 Å². The maximum absolute atomic E-state index is 13.7. The fraction of sp³-hybridized carbons (Fsp3) is 0.182. The molecule has 1 aliphatic rings. The molecule has 1 aliphatic heterocycles. The van der Waals surface area contributed by atoms with E-state index < -0.39 is 21.0 Å². The molecule has 0 N–H and O–H groups in total. The van der Waals surface area contributed by atoms with Gasteiger partial charge >= 0.3 is 0 Å². The predicted molar refractivity (Wildman–Crippen MR) is 118 cm³/mol. The number of nitrogens with zero attached hydrogens (tertiary/aromatic N) is 4. The largest absolute Gasteiger partial charge is 0.277 e. The van der Waals surface area contributed by atoms with Crippen LogP contribution in [-0.2, 0) is 10.0 Å². The van der Waals surface area contributed by atoms with Crippen molar-refractivity contribution in [3.8, 4) is 0 Å². The number of carbonyl (C=O) groups is 1. The van der Waals surface area contributed by atoms with Crippen molar-refractivity contribution in [3.05, 3.63) is 77.1 Å². The highest BCUT2D eigenvalue weighted by Crippen LogP contribution is 2.32. The molecule has 0 radical (unpaired) electrons. The lowest BCUT2D eigenvalue weighted by Gasteiger charge is -2.23. The van der Waals surface area contributed by atoms with Gasteiger partial charge in [-0.2, -0.15) is 4.31 Å². The number of benzene rings is 2. The van der Waals surface area contributed by atoms with Crippen LogP contribution in [0.1, 0.15) is 17.6 Å². The number of sulfonamides is 1. The third-order valence-corrected chi connectivity index (χ3v) is 7.76. The maximum atomic E-state index is 13.7. The quantitative estimate of drug-likeness (QED) is 0.347. The monoisotopic (exact) mass is 450 g/mol. The molecule has 5 rings (SSSR count). The molecule has 4 aromatic rings. The number of hydrogen-bond donors (Lipinski definition) is 0. The number of nitro groups is 1. The van der Waals surface area contributed by atoms with E-state index in [9.17, 15) is 23.3 Å². The fourth-order valence-corrected chi connectivity index (χ4v) is 6.01. The minimum atomic E-state index is -4.01. The lowest BCUT2D eigenvalue weighted by Crippen LogP contribution is -2.42. The maximum Gasteiger partial charge on any atom is 0.269 e. The molecule has 32 heavy (non-hydrogen) atoms. The van der Waals surface area contributed by atoms with Crippen LogP contribution in [0, 0.1) is 10.1 Å². The molecule has 0 amide bonds. The molecule has 1 atom stereocenters. The highest BCUT2D eigenvalue weighted by atomic mass is 32.2. The van der Waals surface area contributed by atoms with Crippen LogP contribution >= 0.6 is 0 Å². The normalized spacial score (nSPS) is 17.2. The molecule has 9 nitrogen and oxygen atoms in total. The minimum Gasteiger partial charge on any atom is -0.277 e. The smallest absolute Gasteiger partial charge is 0.269 e. The van der Waals surface area contributed by atoms with Crippen LogP contribution in [0.2, 0.25) is 0 Å². The molecule has 2 aromatic carbocycles. The van der Waals surface area contributed by atoms with E-state index in [0.717, 1.165) is 22.9 Å². The zero-order valence-corrected chi connectivity index (χ0v) is 17.6. The Balaban J connectivity index is 1.58. The first-order valence-electron chi connectivity index (χ1n) is 10.0. The van der Waals surface area contributed by atoms with Crippen LogP contribution in [0.15, 0.2) is 71.9 Å². The Hall–Kier alpha value is -3.63. The van der Waals surface area contributed by atoms with Crippen molar-refractivity contribution < 1.29 is 18.1 Å². The molecule has 1 fully saturated rings. The Morgan fingerprint density at radius 2 is 1.75 bits per heavy atom. The van der Waals surface area contributed by atoms with Crippen molar-refractivity contribution in [2.75, 3.05) is 6.54 Å². The Morgan fingerprint density at radius 1 is 1.03 bits per heavy atom. The Morgan fingerprint density at radius 3 is 2.50 bits per heavy atom. The number of aromatic nitrogens is 2. The molecule has 0 saturated carbocycles. The molecule has 0 unspecified atom stereocenters. The summed E-state index contributed by atoms with van der Waals surface area (Å²) in [5.74, 6) is -0.341. The number of non-ortho nitro benzene ring substituents is 1. The van der Waals surface area contributed by atoms with Gasteiger partial charge in [0, 0.05) is 35.6 Å². The van der Waals surface area contributed by atoms with E-state index in [0.29, 0.717) is 23.9 Å². The van der Waals surface area contributed by atoms with Crippen LogP contribution in [0.3, 0.4) is 0 Å². The summed E-state index contributed by atoms with van der Waals surface area (Å²) in [5.41, 5.74) is 1.12. The summed E-state index contributed by atoms with van der Waals surface area (Å²) >= 11 is 0. The second kappa shape index (κ2) is 7.50. The number of fused-ring (bicyclic) bond motifs is 3. The minimum absolute atomic E-state index is 0.0771. The van der Waals surface area contributed by atoms with Crippen LogP contribution in [0.25, 0.3) is 21.8 Å². The van der Waals surface area contributed by atoms with Gasteiger partial charge in [0.05, 0.1) is 27.0 Å². The van der Waals surface area contributed by atoms with Crippen LogP contribution < -0.4 is 0 Å². The topological polar surface area (TPSA) is 115 Å². The molecule has 0 spiro atoms. The summed E-state index contributed by atoms with van der Waals surface area (Å²) in [7, 11) is -4.01. The molecule has 3 heterocycles. The van der Waals surface area contributed by atoms with Crippen LogP contribution in [0.4, 0.5) is 5.69 Å². The van der Waals surface area contributed by atoms with E-state index in [1.807, 2.05) is 30.3 Å². The number of hydrogen-bond acceptors (Lipinski definition) is 6. The average molecular weight is 450 g/mol. The van der Waals surface area contributed by atoms with Gasteiger partial charge in [0.2, 0.25) is 15.9 Å². The van der Waals surface area contributed by atoms with Gasteiger partial charge in [0.1, 0.15) is 6.04 Å². The third-order valence-electron chi connectivity index (χ3n) is 5.84. The molecule has 10 heteroatoms. The highest BCUT2D eigenvalue weighted by molar-refractivity contribution is 7.89. The van der Waals surface area contributed by atoms with Crippen molar-refractivity contribution in [1.82, 2.24) is 13.9 Å². The zero-order chi connectivity index (χ0) is 22.5. The lowest BCUT2D eigenvalue weighted by atomic mass is 10.2. The van der Waals surface area contributed by atoms with Gasteiger partial charge in [-0.15, -0.1) is 0 Å². The van der Waals surface area contributed by atoms with Crippen molar-refractivity contribution in [1.29, 1.82) is 0 Å². The van der Waals surface area contributed by atoms with Gasteiger partial charge in [-0.1, -0.05) is 18.2 Å². The molecule has 162 valence electrons. The summed E-state index contributed by atoms with van der Waals surface area (Å²) in [5, 5.41) is 12.7. The van der Waals surface area contributed by atoms with Gasteiger partial charge in [0.25, 0.3) is 5.69 Å². The van der Waals surface area contributed by atoms with Crippen molar-refractivity contribution in [2.45, 2.75) is 23.8 Å². The van der Waals surface area contributed by atoms with Gasteiger partial charge < -0.3 is 0 Å². The van der Waals surface area contributed by atoms with E-state index in [1.165, 1.54) is 16.4 Å². The molecule has 0 aliphatic carbocycles. The lowest BCUT2D eigenvalue weighted by molar-refractivity contribution is -0.384. The third kappa shape index (κ3) is 3.07. The van der Waals surface area contributed by atoms with E-state index >= 15 is 0 Å². The molecule has 0 bridgehead atoms. The predicted octanol–water partition coefficient (Wildman–Crippen LogP) is 3.59. The molecular weight excluding hydrogens is 432 g/mol. The second-order valence-electron chi connectivity index (χ2n) is 7.61. The molecular formula is C22H18N4O5S. The highest BCUT2D eigenvalue weighted by Gasteiger charge is 2.40. The van der Waals surface area contributed by atoms with Crippen molar-refractivity contribution in [2.24, 2.45) is 0 Å². The summed E-state index contributed by atoms with van der Waals surface area (Å²) < 4.78 is 29.4. The first-order valence-corrected chi connectivity index (χ1v) is 11.5.